The van der Waals surface area contributed by atoms with Gasteiger partial charge in [-0.25, -0.2) is 0 Å². The molecule has 4 saturated carbocycles. The highest BCUT2D eigenvalue weighted by Gasteiger charge is 2.85. The van der Waals surface area contributed by atoms with Gasteiger partial charge >= 0.3 is 35.8 Å². The van der Waals surface area contributed by atoms with Crippen molar-refractivity contribution in [3.05, 3.63) is 0 Å². The Morgan fingerprint density at radius 1 is 0.788 bits per heavy atom. The predicted molar refractivity (Wildman–Crippen MR) is 91.1 cm³/mol. The van der Waals surface area contributed by atoms with Crippen LogP contribution in [0.5, 0.6) is 0 Å². The van der Waals surface area contributed by atoms with E-state index in [1.165, 1.54) is 0 Å². The zero-order chi connectivity index (χ0) is 25.4. The second-order valence-corrected chi connectivity index (χ2v) is 9.62. The van der Waals surface area contributed by atoms with Gasteiger partial charge in [0.1, 0.15) is 0 Å². The van der Waals surface area contributed by atoms with E-state index in [4.69, 9.17) is 0 Å². The lowest BCUT2D eigenvalue weighted by atomic mass is 9.90. The fraction of sp³-hybridized carbons (Fsp3) is 0.950. The van der Waals surface area contributed by atoms with Crippen LogP contribution in [0.3, 0.4) is 0 Å². The highest BCUT2D eigenvalue weighted by atomic mass is 19.4. The van der Waals surface area contributed by atoms with Gasteiger partial charge in [-0.05, 0) is 36.0 Å². The lowest BCUT2D eigenvalue weighted by molar-refractivity contribution is -0.259. The predicted octanol–water partition coefficient (Wildman–Crippen LogP) is 6.73. The van der Waals surface area contributed by atoms with Crippen molar-refractivity contribution in [1.82, 2.24) is 0 Å². The van der Waals surface area contributed by atoms with Crippen LogP contribution in [0.15, 0.2) is 0 Å². The lowest BCUT2D eigenvalue weighted by Gasteiger charge is -2.31. The van der Waals surface area contributed by atoms with Crippen molar-refractivity contribution in [3.8, 4) is 0 Å². The maximum atomic E-state index is 14.0. The molecule has 4 rings (SSSR count). The summed E-state index contributed by atoms with van der Waals surface area (Å²) in [4.78, 5) is 12.5. The number of alkyl halides is 11. The second-order valence-electron chi connectivity index (χ2n) is 9.62. The molecule has 192 valence electrons. The number of hydrogen-bond acceptors (Lipinski definition) is 2. The molecule has 2 nitrogen and oxygen atoms in total. The molecule has 0 amide bonds. The van der Waals surface area contributed by atoms with Crippen molar-refractivity contribution in [2.45, 2.75) is 75.8 Å². The first-order valence-corrected chi connectivity index (χ1v) is 10.5. The molecule has 0 N–H and O–H groups in total. The molecule has 0 aromatic heterocycles. The fourth-order valence-electron chi connectivity index (χ4n) is 6.11. The molecule has 0 radical (unpaired) electrons. The van der Waals surface area contributed by atoms with Crippen LogP contribution in [0.1, 0.15) is 46.0 Å². The Morgan fingerprint density at radius 2 is 1.24 bits per heavy atom. The molecule has 0 aliphatic heterocycles. The SMILES string of the molecule is CC1C2CC3C1C3(C(=O)OCC(F)(F)C(F)(F)CCC(F)(F)C(F)(F)CCC(F)(F)F)C2C. The highest BCUT2D eigenvalue weighted by molar-refractivity contribution is 5.84. The summed E-state index contributed by atoms with van der Waals surface area (Å²) < 4.78 is 151. The van der Waals surface area contributed by atoms with Gasteiger partial charge in [-0.3, -0.25) is 4.79 Å². The van der Waals surface area contributed by atoms with Gasteiger partial charge in [0, 0.05) is 25.7 Å². The molecule has 4 bridgehead atoms. The number of rotatable bonds is 10. The van der Waals surface area contributed by atoms with Gasteiger partial charge in [-0.1, -0.05) is 13.8 Å². The van der Waals surface area contributed by atoms with Gasteiger partial charge in [0.05, 0.1) is 5.41 Å². The van der Waals surface area contributed by atoms with E-state index in [1.807, 2.05) is 6.92 Å². The molecule has 0 aromatic rings. The van der Waals surface area contributed by atoms with Crippen LogP contribution < -0.4 is 0 Å². The van der Waals surface area contributed by atoms with Gasteiger partial charge in [0.2, 0.25) is 0 Å². The molecule has 4 fully saturated rings. The van der Waals surface area contributed by atoms with E-state index in [0.717, 1.165) is 0 Å². The van der Waals surface area contributed by atoms with Gasteiger partial charge in [0.15, 0.2) is 6.61 Å². The molecule has 6 atom stereocenters. The number of halogens is 11. The topological polar surface area (TPSA) is 26.3 Å². The van der Waals surface area contributed by atoms with Crippen molar-refractivity contribution in [2.75, 3.05) is 6.61 Å². The zero-order valence-corrected chi connectivity index (χ0v) is 17.6. The summed E-state index contributed by atoms with van der Waals surface area (Å²) in [5, 5.41) is 0. The smallest absolute Gasteiger partial charge is 0.389 e. The quantitative estimate of drug-likeness (QED) is 0.244. The van der Waals surface area contributed by atoms with Crippen LogP contribution in [-0.4, -0.2) is 42.4 Å². The average Bonchev–Trinajstić information content (AvgIpc) is 2.96. The Hall–Kier alpha value is -1.30. The molecule has 4 aliphatic carbocycles. The van der Waals surface area contributed by atoms with Crippen LogP contribution in [0, 0.1) is 35.0 Å². The van der Waals surface area contributed by atoms with Gasteiger partial charge < -0.3 is 4.74 Å². The Balaban J connectivity index is 1.57. The summed E-state index contributed by atoms with van der Waals surface area (Å²) in [7, 11) is 0. The van der Waals surface area contributed by atoms with E-state index in [9.17, 15) is 53.1 Å². The number of esters is 1. The molecule has 0 saturated heterocycles. The minimum atomic E-state index is -5.38. The number of carbonyl (C=O) groups excluding carboxylic acids is 1. The van der Waals surface area contributed by atoms with E-state index in [0.29, 0.717) is 6.42 Å². The zero-order valence-electron chi connectivity index (χ0n) is 17.6. The molecule has 13 heteroatoms. The van der Waals surface area contributed by atoms with Gasteiger partial charge in [-0.2, -0.15) is 48.3 Å². The van der Waals surface area contributed by atoms with Crippen LogP contribution >= 0.6 is 0 Å². The van der Waals surface area contributed by atoms with Crippen LogP contribution in [0.2, 0.25) is 0 Å². The van der Waals surface area contributed by atoms with Crippen LogP contribution in [0.25, 0.3) is 0 Å². The minimum Gasteiger partial charge on any atom is -0.459 e. The molecule has 33 heavy (non-hydrogen) atoms. The average molecular weight is 504 g/mol. The monoisotopic (exact) mass is 504 g/mol. The van der Waals surface area contributed by atoms with E-state index in [2.05, 4.69) is 4.74 Å². The van der Waals surface area contributed by atoms with Crippen LogP contribution in [0.4, 0.5) is 48.3 Å². The third kappa shape index (κ3) is 4.08. The molecule has 0 aromatic carbocycles. The second kappa shape index (κ2) is 7.60. The molecule has 4 aliphatic rings. The maximum Gasteiger partial charge on any atom is 0.389 e. The van der Waals surface area contributed by atoms with E-state index in [-0.39, 0.29) is 29.6 Å². The molecular formula is C20H23F11O2. The highest BCUT2D eigenvalue weighted by Crippen LogP contribution is 2.83. The Kier molecular flexibility index (Phi) is 6.06. The summed E-state index contributed by atoms with van der Waals surface area (Å²) in [5.41, 5.74) is -1.01. The summed E-state index contributed by atoms with van der Waals surface area (Å²) in [6.07, 6.45) is -14.1. The van der Waals surface area contributed by atoms with Crippen LogP contribution in [-0.2, 0) is 9.53 Å². The minimum absolute atomic E-state index is 0.0771. The first kappa shape index (κ1) is 26.3. The van der Waals surface area contributed by atoms with E-state index in [1.54, 1.807) is 6.92 Å². The first-order valence-electron chi connectivity index (χ1n) is 10.5. The summed E-state index contributed by atoms with van der Waals surface area (Å²) in [6.45, 7) is 1.53. The Bertz CT molecular complexity index is 774. The largest absolute Gasteiger partial charge is 0.459 e. The standard InChI is InChI=1S/C20H23F11O2/c1-9-11-7-12-13(9)20(12,10(11)2)14(32)33-8-18(27,28)17(25,26)4-3-15(21,22)16(23,24)5-6-19(29,30)31/h9-13H,3-8H2,1-2H3. The summed E-state index contributed by atoms with van der Waals surface area (Å²) >= 11 is 0. The normalized spacial score (nSPS) is 34.0. The maximum absolute atomic E-state index is 14.0. The summed E-state index contributed by atoms with van der Waals surface area (Å²) in [5.74, 6) is -22.2. The first-order chi connectivity index (χ1) is 14.7. The Morgan fingerprint density at radius 3 is 1.61 bits per heavy atom. The van der Waals surface area contributed by atoms with E-state index >= 15 is 0 Å². The molecular weight excluding hydrogens is 481 g/mol. The molecule has 0 heterocycles. The summed E-state index contributed by atoms with van der Waals surface area (Å²) in [6, 6.07) is 0. The third-order valence-corrected chi connectivity index (χ3v) is 7.94. The van der Waals surface area contributed by atoms with Crippen molar-refractivity contribution >= 4 is 5.97 Å². The van der Waals surface area contributed by atoms with Gasteiger partial charge in [-0.15, -0.1) is 0 Å². The van der Waals surface area contributed by atoms with Crippen molar-refractivity contribution in [3.63, 3.8) is 0 Å². The van der Waals surface area contributed by atoms with Crippen molar-refractivity contribution in [1.29, 1.82) is 0 Å². The number of carbonyl (C=O) groups is 1. The fourth-order valence-corrected chi connectivity index (χ4v) is 6.11. The number of hydrogen-bond donors (Lipinski definition) is 0. The van der Waals surface area contributed by atoms with Gasteiger partial charge in [0.25, 0.3) is 0 Å². The Labute approximate surface area is 182 Å². The third-order valence-electron chi connectivity index (χ3n) is 7.94. The van der Waals surface area contributed by atoms with E-state index < -0.39 is 73.5 Å². The van der Waals surface area contributed by atoms with Crippen molar-refractivity contribution < 1.29 is 57.8 Å². The van der Waals surface area contributed by atoms with Crippen molar-refractivity contribution in [2.24, 2.45) is 35.0 Å². The molecule has 0 spiro atoms. The molecule has 6 unspecified atom stereocenters. The lowest BCUT2D eigenvalue weighted by Crippen LogP contribution is -2.48. The number of ether oxygens (including phenoxy) is 1.